The van der Waals surface area contributed by atoms with Gasteiger partial charge in [-0.3, -0.25) is 4.98 Å². The number of hydrogen-bond donors (Lipinski definition) is 0. The summed E-state index contributed by atoms with van der Waals surface area (Å²) >= 11 is 0. The summed E-state index contributed by atoms with van der Waals surface area (Å²) in [4.78, 5) is 4.92. The molecule has 3 heteroatoms. The van der Waals surface area contributed by atoms with Crippen LogP contribution in [0.25, 0.3) is 22.4 Å². The summed E-state index contributed by atoms with van der Waals surface area (Å²) in [7, 11) is -1.00. The van der Waals surface area contributed by atoms with Crippen LogP contribution in [-0.4, -0.2) is 22.6 Å². The highest BCUT2D eigenvalue weighted by molar-refractivity contribution is 7.00. The molecule has 0 bridgehead atoms. The van der Waals surface area contributed by atoms with Gasteiger partial charge in [0, 0.05) is 6.20 Å². The van der Waals surface area contributed by atoms with Crippen LogP contribution >= 0.6 is 0 Å². The third-order valence-electron chi connectivity index (χ3n) is 5.80. The molecule has 0 amide bonds. The van der Waals surface area contributed by atoms with Crippen LogP contribution in [0.2, 0.25) is 13.1 Å². The lowest BCUT2D eigenvalue weighted by molar-refractivity contribution is 1.34. The molecule has 0 fully saturated rings. The molecule has 28 heavy (non-hydrogen) atoms. The smallest absolute Gasteiger partial charge is 0.124 e. The highest BCUT2D eigenvalue weighted by atomic mass is 28.3. The van der Waals surface area contributed by atoms with Gasteiger partial charge in [-0.2, -0.15) is 0 Å². The first-order valence-electron chi connectivity index (χ1n) is 9.66. The SMILES string of the molecule is C[Si](C)(c1ccccc1)c1ccc(-c2cccc3c2[Si]c2ccccc2-3)nc1. The molecule has 0 saturated heterocycles. The lowest BCUT2D eigenvalue weighted by Gasteiger charge is -2.23. The molecular weight excluding hydrogens is 370 g/mol. The Hall–Kier alpha value is -2.76. The van der Waals surface area contributed by atoms with E-state index in [4.69, 9.17) is 4.98 Å². The Balaban J connectivity index is 1.53. The first-order valence-corrected chi connectivity index (χ1v) is 13.7. The summed E-state index contributed by atoms with van der Waals surface area (Å²) < 4.78 is 0. The fourth-order valence-electron chi connectivity index (χ4n) is 4.03. The fraction of sp³-hybridized carbons (Fsp3) is 0.0800. The minimum absolute atomic E-state index is 0.708. The standard InChI is InChI=1S/C25H21NSi2/c1-28(2,18-9-4-3-5-10-18)19-15-16-23(26-17-19)22-13-8-12-21-20-11-6-7-14-24(20)27-25(21)22/h3-17H,1-2H3. The van der Waals surface area contributed by atoms with Gasteiger partial charge >= 0.3 is 0 Å². The number of pyridine rings is 1. The summed E-state index contributed by atoms with van der Waals surface area (Å²) in [5.74, 6) is 0. The van der Waals surface area contributed by atoms with Crippen LogP contribution in [0, 0.1) is 0 Å². The molecule has 5 rings (SSSR count). The molecule has 0 aliphatic carbocycles. The number of rotatable bonds is 3. The number of hydrogen-bond acceptors (Lipinski definition) is 1. The quantitative estimate of drug-likeness (QED) is 0.431. The average molecular weight is 392 g/mol. The van der Waals surface area contributed by atoms with Crippen LogP contribution in [0.4, 0.5) is 0 Å². The zero-order valence-electron chi connectivity index (χ0n) is 16.1. The summed E-state index contributed by atoms with van der Waals surface area (Å²) in [6, 6.07) is 30.8. The Morgan fingerprint density at radius 3 is 2.14 bits per heavy atom. The van der Waals surface area contributed by atoms with Gasteiger partial charge < -0.3 is 0 Å². The molecule has 1 aliphatic heterocycles. The van der Waals surface area contributed by atoms with E-state index in [1.807, 2.05) is 0 Å². The van der Waals surface area contributed by atoms with E-state index in [0.717, 1.165) is 5.69 Å². The predicted molar refractivity (Wildman–Crippen MR) is 123 cm³/mol. The van der Waals surface area contributed by atoms with Crippen LogP contribution < -0.4 is 20.7 Å². The van der Waals surface area contributed by atoms with Crippen molar-refractivity contribution in [1.82, 2.24) is 4.98 Å². The lowest BCUT2D eigenvalue weighted by Crippen LogP contribution is -2.52. The van der Waals surface area contributed by atoms with Crippen LogP contribution in [0.1, 0.15) is 0 Å². The molecule has 0 unspecified atom stereocenters. The van der Waals surface area contributed by atoms with Gasteiger partial charge in [0.1, 0.15) is 17.6 Å². The fourth-order valence-corrected chi connectivity index (χ4v) is 7.78. The minimum atomic E-state index is -1.71. The topological polar surface area (TPSA) is 12.9 Å². The maximum absolute atomic E-state index is 4.92. The molecule has 0 atom stereocenters. The number of benzene rings is 3. The Kier molecular flexibility index (Phi) is 4.15. The lowest BCUT2D eigenvalue weighted by atomic mass is 10.0. The zero-order valence-corrected chi connectivity index (χ0v) is 18.1. The van der Waals surface area contributed by atoms with E-state index >= 15 is 0 Å². The van der Waals surface area contributed by atoms with Crippen molar-refractivity contribution >= 4 is 38.3 Å². The van der Waals surface area contributed by atoms with E-state index in [9.17, 15) is 0 Å². The highest BCUT2D eigenvalue weighted by Crippen LogP contribution is 2.25. The van der Waals surface area contributed by atoms with Gasteiger partial charge in [0.15, 0.2) is 0 Å². The Bertz CT molecular complexity index is 1150. The Morgan fingerprint density at radius 2 is 1.36 bits per heavy atom. The van der Waals surface area contributed by atoms with Crippen LogP contribution in [0.5, 0.6) is 0 Å². The van der Waals surface area contributed by atoms with Gasteiger partial charge in [0.25, 0.3) is 0 Å². The van der Waals surface area contributed by atoms with E-state index in [2.05, 4.69) is 104 Å². The molecule has 1 nitrogen and oxygen atoms in total. The van der Waals surface area contributed by atoms with Gasteiger partial charge in [-0.25, -0.2) is 0 Å². The summed E-state index contributed by atoms with van der Waals surface area (Å²) in [5, 5.41) is 5.70. The highest BCUT2D eigenvalue weighted by Gasteiger charge is 2.27. The van der Waals surface area contributed by atoms with Gasteiger partial charge in [-0.15, -0.1) is 0 Å². The molecule has 2 heterocycles. The number of aromatic nitrogens is 1. The maximum Gasteiger partial charge on any atom is 0.124 e. The first-order chi connectivity index (χ1) is 13.6. The van der Waals surface area contributed by atoms with Crippen molar-refractivity contribution in [3.63, 3.8) is 0 Å². The summed E-state index contributed by atoms with van der Waals surface area (Å²) in [6.45, 7) is 4.80. The van der Waals surface area contributed by atoms with E-state index in [1.54, 1.807) is 0 Å². The molecule has 2 radical (unpaired) electrons. The van der Waals surface area contributed by atoms with Gasteiger partial charge in [-0.1, -0.05) is 102 Å². The predicted octanol–water partition coefficient (Wildman–Crippen LogP) is 3.21. The normalized spacial score (nSPS) is 12.5. The van der Waals surface area contributed by atoms with E-state index < -0.39 is 8.07 Å². The molecule has 1 aliphatic rings. The maximum atomic E-state index is 4.92. The molecule has 0 saturated carbocycles. The molecule has 3 aromatic carbocycles. The van der Waals surface area contributed by atoms with Crippen molar-refractivity contribution in [3.8, 4) is 22.4 Å². The third kappa shape index (κ3) is 2.79. The number of fused-ring (bicyclic) bond motifs is 3. The van der Waals surface area contributed by atoms with Crippen LogP contribution in [0.15, 0.2) is 91.1 Å². The second-order valence-electron chi connectivity index (χ2n) is 7.82. The van der Waals surface area contributed by atoms with E-state index in [-0.39, 0.29) is 0 Å². The van der Waals surface area contributed by atoms with Gasteiger partial charge in [0.05, 0.1) is 5.69 Å². The molecule has 0 N–H and O–H groups in total. The first kappa shape index (κ1) is 17.3. The Morgan fingerprint density at radius 1 is 0.643 bits per heavy atom. The van der Waals surface area contributed by atoms with Gasteiger partial charge in [0.2, 0.25) is 0 Å². The zero-order chi connectivity index (χ0) is 19.1. The molecule has 4 aromatic rings. The van der Waals surface area contributed by atoms with Crippen molar-refractivity contribution in [1.29, 1.82) is 0 Å². The number of nitrogens with zero attached hydrogens (tertiary/aromatic N) is 1. The molecule has 1 aromatic heterocycles. The van der Waals surface area contributed by atoms with E-state index in [1.165, 1.54) is 37.4 Å². The molecular formula is C25H21NSi2. The monoisotopic (exact) mass is 391 g/mol. The van der Waals surface area contributed by atoms with Crippen LogP contribution in [-0.2, 0) is 0 Å². The van der Waals surface area contributed by atoms with Gasteiger partial charge in [-0.05, 0) is 33.1 Å². The van der Waals surface area contributed by atoms with Crippen molar-refractivity contribution in [2.24, 2.45) is 0 Å². The third-order valence-corrected chi connectivity index (χ3v) is 10.8. The second kappa shape index (κ2) is 6.69. The minimum Gasteiger partial charge on any atom is -0.256 e. The molecule has 134 valence electrons. The average Bonchev–Trinajstić information content (AvgIpc) is 3.13. The largest absolute Gasteiger partial charge is 0.256 e. The second-order valence-corrected chi connectivity index (χ2v) is 13.5. The van der Waals surface area contributed by atoms with Crippen LogP contribution in [0.3, 0.4) is 0 Å². The molecule has 0 spiro atoms. The van der Waals surface area contributed by atoms with Crippen molar-refractivity contribution in [3.05, 3.63) is 91.1 Å². The van der Waals surface area contributed by atoms with Crippen molar-refractivity contribution in [2.75, 3.05) is 0 Å². The summed E-state index contributed by atoms with van der Waals surface area (Å²) in [6.07, 6.45) is 2.11. The summed E-state index contributed by atoms with van der Waals surface area (Å²) in [5.41, 5.74) is 5.11. The van der Waals surface area contributed by atoms with Crippen molar-refractivity contribution < 1.29 is 0 Å². The van der Waals surface area contributed by atoms with Crippen molar-refractivity contribution in [2.45, 2.75) is 13.1 Å². The van der Waals surface area contributed by atoms with E-state index in [0.29, 0.717) is 9.52 Å². The Labute approximate surface area is 170 Å².